The van der Waals surface area contributed by atoms with Gasteiger partial charge in [-0.15, -0.1) is 0 Å². The first kappa shape index (κ1) is 9.58. The molecule has 1 rings (SSSR count). The van der Waals surface area contributed by atoms with Crippen LogP contribution in [0.25, 0.3) is 0 Å². The summed E-state index contributed by atoms with van der Waals surface area (Å²) in [6.45, 7) is 0. The van der Waals surface area contributed by atoms with Gasteiger partial charge in [0.2, 0.25) is 6.29 Å². The van der Waals surface area contributed by atoms with Gasteiger partial charge in [0.15, 0.2) is 0 Å². The SMILES string of the molecule is COc1cc(C[C]=O)cc(OC)c1. The van der Waals surface area contributed by atoms with Crippen LogP contribution in [-0.2, 0) is 11.2 Å². The van der Waals surface area contributed by atoms with Crippen LogP contribution in [0.5, 0.6) is 11.5 Å². The zero-order valence-corrected chi connectivity index (χ0v) is 7.66. The third kappa shape index (κ3) is 2.47. The maximum Gasteiger partial charge on any atom is 0.203 e. The van der Waals surface area contributed by atoms with Gasteiger partial charge in [0.1, 0.15) is 11.5 Å². The van der Waals surface area contributed by atoms with Crippen LogP contribution in [0.4, 0.5) is 0 Å². The summed E-state index contributed by atoms with van der Waals surface area (Å²) in [7, 11) is 3.15. The number of hydrogen-bond donors (Lipinski definition) is 0. The summed E-state index contributed by atoms with van der Waals surface area (Å²) in [4.78, 5) is 10.2. The first-order chi connectivity index (χ1) is 6.30. The molecule has 69 valence electrons. The Morgan fingerprint density at radius 1 is 1.15 bits per heavy atom. The summed E-state index contributed by atoms with van der Waals surface area (Å²) in [5, 5.41) is 0. The highest BCUT2D eigenvalue weighted by Crippen LogP contribution is 2.22. The summed E-state index contributed by atoms with van der Waals surface area (Å²) >= 11 is 0. The molecule has 0 N–H and O–H groups in total. The van der Waals surface area contributed by atoms with E-state index in [4.69, 9.17) is 9.47 Å². The molecule has 0 bridgehead atoms. The van der Waals surface area contributed by atoms with E-state index in [9.17, 15) is 4.79 Å². The van der Waals surface area contributed by atoms with Crippen molar-refractivity contribution in [2.24, 2.45) is 0 Å². The van der Waals surface area contributed by atoms with Crippen molar-refractivity contribution < 1.29 is 14.3 Å². The van der Waals surface area contributed by atoms with Crippen LogP contribution < -0.4 is 9.47 Å². The van der Waals surface area contributed by atoms with Crippen LogP contribution in [0.2, 0.25) is 0 Å². The second-order valence-corrected chi connectivity index (χ2v) is 2.54. The molecule has 0 aliphatic rings. The zero-order chi connectivity index (χ0) is 9.68. The van der Waals surface area contributed by atoms with Crippen LogP contribution >= 0.6 is 0 Å². The Bertz CT molecular complexity index is 272. The van der Waals surface area contributed by atoms with E-state index in [0.717, 1.165) is 5.56 Å². The summed E-state index contributed by atoms with van der Waals surface area (Å²) in [5.74, 6) is 1.37. The maximum atomic E-state index is 10.2. The number of benzene rings is 1. The molecule has 0 amide bonds. The fourth-order valence-corrected chi connectivity index (χ4v) is 1.05. The minimum absolute atomic E-state index is 0.257. The maximum absolute atomic E-state index is 10.2. The lowest BCUT2D eigenvalue weighted by molar-refractivity contribution is 0.393. The summed E-state index contributed by atoms with van der Waals surface area (Å²) < 4.78 is 10.1. The molecule has 0 aliphatic heterocycles. The van der Waals surface area contributed by atoms with Crippen molar-refractivity contribution in [1.82, 2.24) is 0 Å². The predicted molar refractivity (Wildman–Crippen MR) is 48.9 cm³/mol. The Kier molecular flexibility index (Phi) is 3.31. The highest BCUT2D eigenvalue weighted by Gasteiger charge is 2.00. The van der Waals surface area contributed by atoms with Crippen molar-refractivity contribution in [1.29, 1.82) is 0 Å². The lowest BCUT2D eigenvalue weighted by Crippen LogP contribution is -1.91. The summed E-state index contributed by atoms with van der Waals surface area (Å²) in [6, 6.07) is 5.33. The number of methoxy groups -OCH3 is 2. The number of rotatable bonds is 4. The molecule has 1 aromatic carbocycles. The van der Waals surface area contributed by atoms with Gasteiger partial charge in [0.25, 0.3) is 0 Å². The third-order valence-corrected chi connectivity index (χ3v) is 1.69. The molecular formula is C10H11O3. The zero-order valence-electron chi connectivity index (χ0n) is 7.66. The molecule has 0 aliphatic carbocycles. The van der Waals surface area contributed by atoms with Crippen LogP contribution in [0.1, 0.15) is 5.56 Å². The van der Waals surface area contributed by atoms with Gasteiger partial charge >= 0.3 is 0 Å². The lowest BCUT2D eigenvalue weighted by Gasteiger charge is -2.05. The molecular weight excluding hydrogens is 168 g/mol. The van der Waals surface area contributed by atoms with E-state index in [0.29, 0.717) is 11.5 Å². The predicted octanol–water partition coefficient (Wildman–Crippen LogP) is 1.36. The van der Waals surface area contributed by atoms with Crippen molar-refractivity contribution in [2.45, 2.75) is 6.42 Å². The fourth-order valence-electron chi connectivity index (χ4n) is 1.05. The van der Waals surface area contributed by atoms with E-state index in [1.165, 1.54) is 0 Å². The van der Waals surface area contributed by atoms with Gasteiger partial charge in [-0.1, -0.05) is 0 Å². The van der Waals surface area contributed by atoms with Crippen LogP contribution in [0.3, 0.4) is 0 Å². The molecule has 0 saturated carbocycles. The quantitative estimate of drug-likeness (QED) is 0.700. The Hall–Kier alpha value is -1.51. The Labute approximate surface area is 77.3 Å². The van der Waals surface area contributed by atoms with Crippen LogP contribution in [0, 0.1) is 0 Å². The Morgan fingerprint density at radius 2 is 1.69 bits per heavy atom. The monoisotopic (exact) mass is 179 g/mol. The van der Waals surface area contributed by atoms with E-state index in [-0.39, 0.29) is 6.42 Å². The molecule has 0 heterocycles. The van der Waals surface area contributed by atoms with Crippen molar-refractivity contribution in [3.05, 3.63) is 23.8 Å². The summed E-state index contributed by atoms with van der Waals surface area (Å²) in [6.07, 6.45) is 2.08. The molecule has 0 spiro atoms. The molecule has 0 aromatic heterocycles. The van der Waals surface area contributed by atoms with Gasteiger partial charge < -0.3 is 9.47 Å². The van der Waals surface area contributed by atoms with E-state index in [1.54, 1.807) is 32.4 Å². The standard InChI is InChI=1S/C10H11O3/c1-12-9-5-8(3-4-11)6-10(7-9)13-2/h5-7H,3H2,1-2H3. The molecule has 3 nitrogen and oxygen atoms in total. The fraction of sp³-hybridized carbons (Fsp3) is 0.300. The van der Waals surface area contributed by atoms with Crippen LogP contribution in [-0.4, -0.2) is 20.5 Å². The average Bonchev–Trinajstić information content (AvgIpc) is 2.17. The second kappa shape index (κ2) is 4.50. The largest absolute Gasteiger partial charge is 0.497 e. The lowest BCUT2D eigenvalue weighted by atomic mass is 10.1. The highest BCUT2D eigenvalue weighted by atomic mass is 16.5. The number of ether oxygens (including phenoxy) is 2. The van der Waals surface area contributed by atoms with E-state index < -0.39 is 0 Å². The van der Waals surface area contributed by atoms with Gasteiger partial charge in [0, 0.05) is 12.5 Å². The van der Waals surface area contributed by atoms with Gasteiger partial charge in [-0.25, -0.2) is 0 Å². The first-order valence-corrected chi connectivity index (χ1v) is 3.87. The molecule has 1 aromatic rings. The smallest absolute Gasteiger partial charge is 0.203 e. The molecule has 13 heavy (non-hydrogen) atoms. The van der Waals surface area contributed by atoms with E-state index in [2.05, 4.69) is 0 Å². The average molecular weight is 179 g/mol. The second-order valence-electron chi connectivity index (χ2n) is 2.54. The van der Waals surface area contributed by atoms with Gasteiger partial charge in [-0.2, -0.15) is 0 Å². The van der Waals surface area contributed by atoms with Crippen molar-refractivity contribution >= 4 is 6.29 Å². The molecule has 0 fully saturated rings. The number of carbonyl (C=O) groups excluding carboxylic acids is 1. The summed E-state index contributed by atoms with van der Waals surface area (Å²) in [5.41, 5.74) is 0.839. The van der Waals surface area contributed by atoms with E-state index >= 15 is 0 Å². The van der Waals surface area contributed by atoms with Crippen molar-refractivity contribution in [3.8, 4) is 11.5 Å². The molecule has 3 heteroatoms. The highest BCUT2D eigenvalue weighted by molar-refractivity contribution is 5.57. The molecule has 0 saturated heterocycles. The molecule has 0 unspecified atom stereocenters. The van der Waals surface area contributed by atoms with Gasteiger partial charge in [0.05, 0.1) is 14.2 Å². The minimum atomic E-state index is 0.257. The molecule has 0 atom stereocenters. The minimum Gasteiger partial charge on any atom is -0.497 e. The van der Waals surface area contributed by atoms with Crippen LogP contribution in [0.15, 0.2) is 18.2 Å². The van der Waals surface area contributed by atoms with E-state index in [1.807, 2.05) is 6.29 Å². The van der Waals surface area contributed by atoms with Gasteiger partial charge in [-0.3, -0.25) is 4.79 Å². The molecule has 1 radical (unpaired) electrons. The normalized spacial score (nSPS) is 9.38. The number of hydrogen-bond acceptors (Lipinski definition) is 3. The first-order valence-electron chi connectivity index (χ1n) is 3.87. The Morgan fingerprint density at radius 3 is 2.08 bits per heavy atom. The van der Waals surface area contributed by atoms with Crippen molar-refractivity contribution in [3.63, 3.8) is 0 Å². The van der Waals surface area contributed by atoms with Gasteiger partial charge in [-0.05, 0) is 17.7 Å². The Balaban J connectivity index is 2.99. The van der Waals surface area contributed by atoms with Crippen molar-refractivity contribution in [2.75, 3.05) is 14.2 Å². The third-order valence-electron chi connectivity index (χ3n) is 1.69. The topological polar surface area (TPSA) is 35.5 Å².